The van der Waals surface area contributed by atoms with Crippen LogP contribution in [0.5, 0.6) is 0 Å². The molecule has 136 valence electrons. The summed E-state index contributed by atoms with van der Waals surface area (Å²) in [7, 11) is 0. The van der Waals surface area contributed by atoms with Gasteiger partial charge in [-0.1, -0.05) is 71.3 Å². The lowest BCUT2D eigenvalue weighted by Crippen LogP contribution is -2.09. The number of ether oxygens (including phenoxy) is 1. The first kappa shape index (κ1) is 22.1. The van der Waals surface area contributed by atoms with Gasteiger partial charge in [0.05, 0.1) is 6.61 Å². The normalized spacial score (nSPS) is 10.7. The second kappa shape index (κ2) is 19.1. The molecule has 0 saturated carbocycles. The van der Waals surface area contributed by atoms with E-state index in [1.165, 1.54) is 51.4 Å². The minimum atomic E-state index is -0.508. The van der Waals surface area contributed by atoms with E-state index in [-0.39, 0.29) is 13.2 Å². The zero-order valence-electron chi connectivity index (χ0n) is 14.4. The van der Waals surface area contributed by atoms with Crippen molar-refractivity contribution in [3.05, 3.63) is 12.7 Å². The number of unbranched alkanes of at least 4 members (excludes halogenated alkanes) is 9. The SMILES string of the molecule is C=CC(=O)OCCOOOOCCCCCCCCCCCC. The maximum absolute atomic E-state index is 10.7. The number of esters is 1. The second-order valence-electron chi connectivity index (χ2n) is 5.33. The molecular formula is C17H32O6. The first-order chi connectivity index (χ1) is 11.3. The van der Waals surface area contributed by atoms with Gasteiger partial charge >= 0.3 is 5.97 Å². The van der Waals surface area contributed by atoms with Crippen LogP contribution in [-0.2, 0) is 29.4 Å². The highest BCUT2D eigenvalue weighted by molar-refractivity contribution is 5.81. The van der Waals surface area contributed by atoms with Crippen molar-refractivity contribution in [1.29, 1.82) is 0 Å². The molecular weight excluding hydrogens is 300 g/mol. The summed E-state index contributed by atoms with van der Waals surface area (Å²) in [5.41, 5.74) is 0. The Hall–Kier alpha value is -0.950. The van der Waals surface area contributed by atoms with Crippen LogP contribution in [0.4, 0.5) is 0 Å². The molecule has 6 heteroatoms. The molecule has 0 aromatic heterocycles. The molecule has 23 heavy (non-hydrogen) atoms. The second-order valence-corrected chi connectivity index (χ2v) is 5.33. The Bertz CT molecular complexity index is 270. The fourth-order valence-corrected chi connectivity index (χ4v) is 1.99. The largest absolute Gasteiger partial charge is 0.460 e. The van der Waals surface area contributed by atoms with Crippen molar-refractivity contribution >= 4 is 5.97 Å². The fraction of sp³-hybridized carbons (Fsp3) is 0.824. The van der Waals surface area contributed by atoms with Crippen LogP contribution in [-0.4, -0.2) is 25.8 Å². The summed E-state index contributed by atoms with van der Waals surface area (Å²) in [6.07, 6.45) is 13.7. The number of rotatable bonds is 18. The number of hydrogen-bond acceptors (Lipinski definition) is 6. The average molecular weight is 332 g/mol. The molecule has 0 aromatic carbocycles. The topological polar surface area (TPSA) is 63.2 Å². The smallest absolute Gasteiger partial charge is 0.330 e. The molecule has 0 fully saturated rings. The fourth-order valence-electron chi connectivity index (χ4n) is 1.99. The number of hydrogen-bond donors (Lipinski definition) is 0. The Balaban J connectivity index is 3.00. The van der Waals surface area contributed by atoms with E-state index in [9.17, 15) is 4.79 Å². The van der Waals surface area contributed by atoms with Gasteiger partial charge in [-0.05, 0) is 16.5 Å². The third-order valence-corrected chi connectivity index (χ3v) is 3.28. The van der Waals surface area contributed by atoms with Gasteiger partial charge in [-0.15, -0.1) is 0 Å². The summed E-state index contributed by atoms with van der Waals surface area (Å²) in [5, 5.41) is 8.67. The monoisotopic (exact) mass is 332 g/mol. The van der Waals surface area contributed by atoms with E-state index >= 15 is 0 Å². The molecule has 0 radical (unpaired) electrons. The lowest BCUT2D eigenvalue weighted by atomic mass is 10.1. The highest BCUT2D eigenvalue weighted by atomic mass is 17.7. The van der Waals surface area contributed by atoms with E-state index in [0.717, 1.165) is 18.9 Å². The van der Waals surface area contributed by atoms with Gasteiger partial charge in [-0.3, -0.25) is 0 Å². The lowest BCUT2D eigenvalue weighted by Gasteiger charge is -2.04. The third-order valence-electron chi connectivity index (χ3n) is 3.28. The highest BCUT2D eigenvalue weighted by Crippen LogP contribution is 2.10. The maximum atomic E-state index is 10.7. The quantitative estimate of drug-likeness (QED) is 0.121. The van der Waals surface area contributed by atoms with Crippen LogP contribution in [0.3, 0.4) is 0 Å². The van der Waals surface area contributed by atoms with Crippen LogP contribution in [0, 0.1) is 0 Å². The van der Waals surface area contributed by atoms with Gasteiger partial charge in [0.1, 0.15) is 13.2 Å². The zero-order valence-corrected chi connectivity index (χ0v) is 14.4. The summed E-state index contributed by atoms with van der Waals surface area (Å²) >= 11 is 0. The Morgan fingerprint density at radius 3 is 1.87 bits per heavy atom. The summed E-state index contributed by atoms with van der Waals surface area (Å²) in [6.45, 7) is 6.09. The van der Waals surface area contributed by atoms with Crippen molar-refractivity contribution in [2.24, 2.45) is 0 Å². The molecule has 0 N–H and O–H groups in total. The van der Waals surface area contributed by atoms with Crippen LogP contribution < -0.4 is 0 Å². The number of carbonyl (C=O) groups is 1. The van der Waals surface area contributed by atoms with Gasteiger partial charge in [0.25, 0.3) is 0 Å². The highest BCUT2D eigenvalue weighted by Gasteiger charge is 1.97. The summed E-state index contributed by atoms with van der Waals surface area (Å²) in [5.74, 6) is -0.508. The van der Waals surface area contributed by atoms with Crippen molar-refractivity contribution < 1.29 is 29.4 Å². The van der Waals surface area contributed by atoms with E-state index in [2.05, 4.69) is 33.2 Å². The molecule has 0 bridgehead atoms. The molecule has 0 aliphatic heterocycles. The van der Waals surface area contributed by atoms with Crippen LogP contribution in [0.25, 0.3) is 0 Å². The standard InChI is InChI=1S/C17H32O6/c1-3-5-6-7-8-9-10-11-12-13-14-20-22-23-21-16-15-19-17(18)4-2/h4H,2-3,5-16H2,1H3. The van der Waals surface area contributed by atoms with Crippen LogP contribution in [0.1, 0.15) is 71.1 Å². The van der Waals surface area contributed by atoms with Gasteiger partial charge in [0.2, 0.25) is 0 Å². The van der Waals surface area contributed by atoms with E-state index in [0.29, 0.717) is 6.61 Å². The van der Waals surface area contributed by atoms with Crippen molar-refractivity contribution in [3.8, 4) is 0 Å². The predicted molar refractivity (Wildman–Crippen MR) is 87.1 cm³/mol. The van der Waals surface area contributed by atoms with Crippen LogP contribution in [0.15, 0.2) is 12.7 Å². The Kier molecular flexibility index (Phi) is 18.3. The predicted octanol–water partition coefficient (Wildman–Crippen LogP) is 4.45. The van der Waals surface area contributed by atoms with Crippen molar-refractivity contribution in [2.45, 2.75) is 71.1 Å². The molecule has 0 aromatic rings. The molecule has 0 heterocycles. The minimum Gasteiger partial charge on any atom is -0.460 e. The van der Waals surface area contributed by atoms with E-state index in [1.54, 1.807) is 0 Å². The van der Waals surface area contributed by atoms with Crippen molar-refractivity contribution in [3.63, 3.8) is 0 Å². The van der Waals surface area contributed by atoms with Gasteiger partial charge in [0, 0.05) is 6.08 Å². The average Bonchev–Trinajstić information content (AvgIpc) is 2.57. The summed E-state index contributed by atoms with van der Waals surface area (Å²) < 4.78 is 4.65. The van der Waals surface area contributed by atoms with Crippen molar-refractivity contribution in [1.82, 2.24) is 0 Å². The minimum absolute atomic E-state index is 0.0567. The zero-order chi connectivity index (χ0) is 17.0. The summed E-state index contributed by atoms with van der Waals surface area (Å²) in [4.78, 5) is 20.0. The molecule has 0 saturated heterocycles. The molecule has 0 unspecified atom stereocenters. The van der Waals surface area contributed by atoms with E-state index in [1.807, 2.05) is 0 Å². The lowest BCUT2D eigenvalue weighted by molar-refractivity contribution is -0.634. The first-order valence-corrected chi connectivity index (χ1v) is 8.68. The number of carbonyl (C=O) groups excluding carboxylic acids is 1. The first-order valence-electron chi connectivity index (χ1n) is 8.68. The van der Waals surface area contributed by atoms with Crippen LogP contribution >= 0.6 is 0 Å². The van der Waals surface area contributed by atoms with E-state index < -0.39 is 5.97 Å². The Morgan fingerprint density at radius 2 is 1.30 bits per heavy atom. The third kappa shape index (κ3) is 19.0. The molecule has 0 spiro atoms. The van der Waals surface area contributed by atoms with E-state index in [4.69, 9.17) is 4.89 Å². The van der Waals surface area contributed by atoms with Gasteiger partial charge in [-0.25, -0.2) is 14.6 Å². The maximum Gasteiger partial charge on any atom is 0.330 e. The molecule has 0 rings (SSSR count). The summed E-state index contributed by atoms with van der Waals surface area (Å²) in [6, 6.07) is 0. The van der Waals surface area contributed by atoms with Crippen molar-refractivity contribution in [2.75, 3.05) is 19.8 Å². The Morgan fingerprint density at radius 1 is 0.783 bits per heavy atom. The molecule has 0 aliphatic rings. The molecule has 0 atom stereocenters. The van der Waals surface area contributed by atoms with Crippen LogP contribution in [0.2, 0.25) is 0 Å². The molecule has 6 nitrogen and oxygen atoms in total. The molecule has 0 aliphatic carbocycles. The van der Waals surface area contributed by atoms with Gasteiger partial charge < -0.3 is 4.74 Å². The van der Waals surface area contributed by atoms with Gasteiger partial charge in [-0.2, -0.15) is 0 Å². The van der Waals surface area contributed by atoms with Gasteiger partial charge in [0.15, 0.2) is 0 Å². The molecule has 0 amide bonds. The Labute approximate surface area is 139 Å².